The van der Waals surface area contributed by atoms with E-state index in [1.54, 1.807) is 19.2 Å². The molecule has 1 aromatic heterocycles. The standard InChI is InChI=1S/C12H11ClN4O3S/c1-20-10-3-2-7(4-8(10)13)6-21-12-15-5-9(17(18)19)11(14)16-12/h2-5H,6H2,1H3,(H2,14,15,16). The molecule has 2 N–H and O–H groups in total. The second-order valence-corrected chi connectivity index (χ2v) is 5.29. The molecule has 2 aromatic rings. The number of aromatic nitrogens is 2. The number of hydrogen-bond donors (Lipinski definition) is 1. The number of hydrogen-bond acceptors (Lipinski definition) is 7. The van der Waals surface area contributed by atoms with E-state index in [-0.39, 0.29) is 11.5 Å². The van der Waals surface area contributed by atoms with Gasteiger partial charge < -0.3 is 10.5 Å². The molecule has 0 bridgehead atoms. The van der Waals surface area contributed by atoms with Crippen molar-refractivity contribution < 1.29 is 9.66 Å². The van der Waals surface area contributed by atoms with Gasteiger partial charge in [-0.1, -0.05) is 29.4 Å². The molecule has 0 saturated carbocycles. The van der Waals surface area contributed by atoms with E-state index < -0.39 is 4.92 Å². The number of nitrogens with two attached hydrogens (primary N) is 1. The Labute approximate surface area is 129 Å². The Kier molecular flexibility index (Phi) is 4.81. The van der Waals surface area contributed by atoms with Crippen LogP contribution < -0.4 is 10.5 Å². The summed E-state index contributed by atoms with van der Waals surface area (Å²) >= 11 is 7.34. The Hall–Kier alpha value is -2.06. The normalized spacial score (nSPS) is 10.4. The molecule has 0 aliphatic carbocycles. The quantitative estimate of drug-likeness (QED) is 0.390. The van der Waals surface area contributed by atoms with Gasteiger partial charge in [0.15, 0.2) is 5.16 Å². The van der Waals surface area contributed by atoms with Crippen molar-refractivity contribution in [1.82, 2.24) is 9.97 Å². The number of thioether (sulfide) groups is 1. The minimum atomic E-state index is -0.618. The van der Waals surface area contributed by atoms with E-state index in [0.717, 1.165) is 11.8 Å². The number of anilines is 1. The van der Waals surface area contributed by atoms with Crippen molar-refractivity contribution in [3.8, 4) is 5.75 Å². The number of nitrogens with zero attached hydrogens (tertiary/aromatic N) is 3. The van der Waals surface area contributed by atoms with E-state index in [1.807, 2.05) is 6.07 Å². The summed E-state index contributed by atoms with van der Waals surface area (Å²) in [7, 11) is 1.54. The third-order valence-corrected chi connectivity index (χ3v) is 3.78. The zero-order valence-electron chi connectivity index (χ0n) is 10.9. The van der Waals surface area contributed by atoms with Gasteiger partial charge in [-0.15, -0.1) is 0 Å². The van der Waals surface area contributed by atoms with Crippen LogP contribution >= 0.6 is 23.4 Å². The summed E-state index contributed by atoms with van der Waals surface area (Å²) < 4.78 is 5.07. The fourth-order valence-electron chi connectivity index (χ4n) is 1.53. The molecule has 0 unspecified atom stereocenters. The molecule has 21 heavy (non-hydrogen) atoms. The minimum absolute atomic E-state index is 0.148. The Morgan fingerprint density at radius 3 is 2.86 bits per heavy atom. The molecule has 9 heteroatoms. The highest BCUT2D eigenvalue weighted by Gasteiger charge is 2.14. The van der Waals surface area contributed by atoms with E-state index in [2.05, 4.69) is 9.97 Å². The first-order chi connectivity index (χ1) is 10.0. The average Bonchev–Trinajstić information content (AvgIpc) is 2.45. The summed E-state index contributed by atoms with van der Waals surface area (Å²) in [6, 6.07) is 5.41. The Balaban J connectivity index is 2.08. The van der Waals surface area contributed by atoms with Crippen LogP contribution in [0.4, 0.5) is 11.5 Å². The lowest BCUT2D eigenvalue weighted by atomic mass is 10.2. The van der Waals surface area contributed by atoms with E-state index >= 15 is 0 Å². The average molecular weight is 327 g/mol. The van der Waals surface area contributed by atoms with Gasteiger partial charge in [-0.05, 0) is 17.7 Å². The molecule has 2 rings (SSSR count). The zero-order chi connectivity index (χ0) is 15.4. The van der Waals surface area contributed by atoms with Crippen molar-refractivity contribution in [1.29, 1.82) is 0 Å². The number of methoxy groups -OCH3 is 1. The highest BCUT2D eigenvalue weighted by molar-refractivity contribution is 7.98. The van der Waals surface area contributed by atoms with Crippen LogP contribution in [-0.4, -0.2) is 22.0 Å². The van der Waals surface area contributed by atoms with Gasteiger partial charge in [0.25, 0.3) is 0 Å². The highest BCUT2D eigenvalue weighted by atomic mass is 35.5. The van der Waals surface area contributed by atoms with Gasteiger partial charge >= 0.3 is 5.69 Å². The molecule has 0 saturated heterocycles. The Bertz CT molecular complexity index is 684. The lowest BCUT2D eigenvalue weighted by Crippen LogP contribution is -2.01. The smallest absolute Gasteiger partial charge is 0.329 e. The number of halogens is 1. The van der Waals surface area contributed by atoms with E-state index in [9.17, 15) is 10.1 Å². The number of nitrogen functional groups attached to an aromatic ring is 1. The van der Waals surface area contributed by atoms with Gasteiger partial charge in [-0.2, -0.15) is 4.98 Å². The van der Waals surface area contributed by atoms with Crippen LogP contribution in [0.2, 0.25) is 5.02 Å². The van der Waals surface area contributed by atoms with E-state index in [4.69, 9.17) is 22.1 Å². The summed E-state index contributed by atoms with van der Waals surface area (Å²) in [6.45, 7) is 0. The minimum Gasteiger partial charge on any atom is -0.495 e. The predicted molar refractivity (Wildman–Crippen MR) is 80.7 cm³/mol. The molecule has 0 aliphatic heterocycles. The summed E-state index contributed by atoms with van der Waals surface area (Å²) in [4.78, 5) is 17.8. The third kappa shape index (κ3) is 3.73. The molecule has 7 nitrogen and oxygen atoms in total. The van der Waals surface area contributed by atoms with Gasteiger partial charge in [0.1, 0.15) is 11.9 Å². The summed E-state index contributed by atoms with van der Waals surface area (Å²) in [5.41, 5.74) is 6.16. The molecule has 0 atom stereocenters. The first kappa shape index (κ1) is 15.3. The summed E-state index contributed by atoms with van der Waals surface area (Å²) in [5, 5.41) is 11.5. The van der Waals surface area contributed by atoms with Gasteiger partial charge in [-0.25, -0.2) is 4.98 Å². The van der Waals surface area contributed by atoms with Crippen molar-refractivity contribution in [2.45, 2.75) is 10.9 Å². The fraction of sp³-hybridized carbons (Fsp3) is 0.167. The SMILES string of the molecule is COc1ccc(CSc2ncc([N+](=O)[O-])c(N)n2)cc1Cl. The maximum absolute atomic E-state index is 10.6. The van der Waals surface area contributed by atoms with Gasteiger partial charge in [0, 0.05) is 5.75 Å². The lowest BCUT2D eigenvalue weighted by Gasteiger charge is -2.05. The number of rotatable bonds is 5. The molecule has 0 amide bonds. The van der Waals surface area contributed by atoms with Crippen LogP contribution in [0.25, 0.3) is 0 Å². The Morgan fingerprint density at radius 2 is 2.29 bits per heavy atom. The molecule has 0 aliphatic rings. The summed E-state index contributed by atoms with van der Waals surface area (Å²) in [6.07, 6.45) is 1.10. The van der Waals surface area contributed by atoms with Crippen LogP contribution in [0.15, 0.2) is 29.6 Å². The van der Waals surface area contributed by atoms with Crippen molar-refractivity contribution in [2.75, 3.05) is 12.8 Å². The molecule has 1 heterocycles. The molecular formula is C12H11ClN4O3S. The van der Waals surface area contributed by atoms with Crippen LogP contribution in [-0.2, 0) is 5.75 Å². The molecule has 110 valence electrons. The highest BCUT2D eigenvalue weighted by Crippen LogP contribution is 2.28. The third-order valence-electron chi connectivity index (χ3n) is 2.56. The van der Waals surface area contributed by atoms with Gasteiger partial charge in [0.2, 0.25) is 5.82 Å². The topological polar surface area (TPSA) is 104 Å². The largest absolute Gasteiger partial charge is 0.495 e. The molecule has 0 fully saturated rings. The van der Waals surface area contributed by atoms with Crippen molar-refractivity contribution in [3.63, 3.8) is 0 Å². The first-order valence-electron chi connectivity index (χ1n) is 5.73. The van der Waals surface area contributed by atoms with Crippen LogP contribution in [0.1, 0.15) is 5.56 Å². The number of nitro groups is 1. The van der Waals surface area contributed by atoms with Crippen molar-refractivity contribution >= 4 is 34.9 Å². The second-order valence-electron chi connectivity index (χ2n) is 3.94. The van der Waals surface area contributed by atoms with Crippen molar-refractivity contribution in [2.24, 2.45) is 0 Å². The first-order valence-corrected chi connectivity index (χ1v) is 7.09. The van der Waals surface area contributed by atoms with Crippen LogP contribution in [0.3, 0.4) is 0 Å². The summed E-state index contributed by atoms with van der Waals surface area (Å²) in [5.74, 6) is 1.01. The van der Waals surface area contributed by atoms with Crippen LogP contribution in [0.5, 0.6) is 5.75 Å². The molecule has 1 aromatic carbocycles. The fourth-order valence-corrected chi connectivity index (χ4v) is 2.58. The van der Waals surface area contributed by atoms with E-state index in [0.29, 0.717) is 21.7 Å². The molecular weight excluding hydrogens is 316 g/mol. The van der Waals surface area contributed by atoms with Crippen LogP contribution in [0, 0.1) is 10.1 Å². The number of benzene rings is 1. The predicted octanol–water partition coefficient (Wildman–Crippen LogP) is 2.92. The Morgan fingerprint density at radius 1 is 1.52 bits per heavy atom. The van der Waals surface area contributed by atoms with Crippen molar-refractivity contribution in [3.05, 3.63) is 45.1 Å². The lowest BCUT2D eigenvalue weighted by molar-refractivity contribution is -0.384. The second kappa shape index (κ2) is 6.59. The van der Waals surface area contributed by atoms with Gasteiger partial charge in [0.05, 0.1) is 17.1 Å². The van der Waals surface area contributed by atoms with Gasteiger partial charge in [-0.3, -0.25) is 10.1 Å². The maximum Gasteiger partial charge on any atom is 0.329 e. The maximum atomic E-state index is 10.6. The monoisotopic (exact) mass is 326 g/mol. The number of ether oxygens (including phenoxy) is 1. The van der Waals surface area contributed by atoms with E-state index in [1.165, 1.54) is 11.8 Å². The molecule has 0 radical (unpaired) electrons. The zero-order valence-corrected chi connectivity index (χ0v) is 12.5. The molecule has 0 spiro atoms.